The molecule has 0 fully saturated rings. The number of allylic oxidation sites excluding steroid dienone is 2. The van der Waals surface area contributed by atoms with Crippen LogP contribution in [0.3, 0.4) is 0 Å². The maximum absolute atomic E-state index is 13.0. The summed E-state index contributed by atoms with van der Waals surface area (Å²) in [4.78, 5) is 0. The first-order chi connectivity index (χ1) is 11.4. The summed E-state index contributed by atoms with van der Waals surface area (Å²) in [6.45, 7) is 3.82. The summed E-state index contributed by atoms with van der Waals surface area (Å²) in [6, 6.07) is 14.9. The molecule has 0 radical (unpaired) electrons. The van der Waals surface area contributed by atoms with Gasteiger partial charge in [-0.1, -0.05) is 49.0 Å². The van der Waals surface area contributed by atoms with Crippen LogP contribution in [-0.2, 0) is 12.6 Å². The van der Waals surface area contributed by atoms with Gasteiger partial charge in [-0.15, -0.1) is 0 Å². The predicted octanol–water partition coefficient (Wildman–Crippen LogP) is 4.70. The monoisotopic (exact) mass is 328 g/mol. The lowest BCUT2D eigenvalue weighted by Gasteiger charge is -2.18. The van der Waals surface area contributed by atoms with E-state index in [1.165, 1.54) is 6.07 Å². The fourth-order valence-corrected chi connectivity index (χ4v) is 2.55. The van der Waals surface area contributed by atoms with E-state index in [9.17, 15) is 13.2 Å². The molecule has 0 unspecified atom stereocenters. The van der Waals surface area contributed by atoms with Gasteiger partial charge >= 0.3 is 6.18 Å². The van der Waals surface area contributed by atoms with Crippen molar-refractivity contribution in [2.24, 2.45) is 5.10 Å². The molecule has 0 amide bonds. The Balaban J connectivity index is 1.96. The Hall–Kier alpha value is -2.82. The van der Waals surface area contributed by atoms with Crippen molar-refractivity contribution >= 4 is 5.71 Å². The van der Waals surface area contributed by atoms with Crippen molar-refractivity contribution in [1.82, 2.24) is 5.43 Å². The summed E-state index contributed by atoms with van der Waals surface area (Å²) in [5, 5.41) is 4.21. The van der Waals surface area contributed by atoms with Crippen LogP contribution in [0.4, 0.5) is 13.2 Å². The zero-order chi connectivity index (χ0) is 17.2. The molecule has 1 N–H and O–H groups in total. The van der Waals surface area contributed by atoms with Gasteiger partial charge in [0.05, 0.1) is 11.3 Å². The number of nitrogens with one attached hydrogen (secondary N) is 1. The van der Waals surface area contributed by atoms with Crippen molar-refractivity contribution in [1.29, 1.82) is 0 Å². The van der Waals surface area contributed by atoms with Crippen LogP contribution in [-0.4, -0.2) is 5.71 Å². The van der Waals surface area contributed by atoms with Gasteiger partial charge in [-0.2, -0.15) is 18.3 Å². The number of benzene rings is 2. The Morgan fingerprint density at radius 3 is 2.46 bits per heavy atom. The molecule has 1 aliphatic rings. The highest BCUT2D eigenvalue weighted by molar-refractivity contribution is 6.13. The average Bonchev–Trinajstić information content (AvgIpc) is 2.55. The third-order valence-electron chi connectivity index (χ3n) is 3.66. The Labute approximate surface area is 138 Å². The molecule has 0 spiro atoms. The van der Waals surface area contributed by atoms with Gasteiger partial charge in [0, 0.05) is 11.3 Å². The molecular weight excluding hydrogens is 313 g/mol. The average molecular weight is 328 g/mol. The van der Waals surface area contributed by atoms with E-state index in [2.05, 4.69) is 17.1 Å². The van der Waals surface area contributed by atoms with Crippen molar-refractivity contribution < 1.29 is 13.2 Å². The van der Waals surface area contributed by atoms with Crippen LogP contribution in [0.1, 0.15) is 16.7 Å². The third-order valence-corrected chi connectivity index (χ3v) is 3.66. The van der Waals surface area contributed by atoms with Crippen molar-refractivity contribution in [2.45, 2.75) is 12.6 Å². The summed E-state index contributed by atoms with van der Waals surface area (Å²) in [6.07, 6.45) is -2.00. The molecule has 0 saturated carbocycles. The summed E-state index contributed by atoms with van der Waals surface area (Å²) >= 11 is 0. The fourth-order valence-electron chi connectivity index (χ4n) is 2.55. The standard InChI is InChI=1S/C19H15F3N2/c1-13-10-16(11-14-6-3-2-4-7-14)18(24-23-13)15-8-5-9-17(12-15)19(20,21)22/h2-10,12,23H,1,11H2. The van der Waals surface area contributed by atoms with Crippen molar-refractivity contribution in [2.75, 3.05) is 0 Å². The van der Waals surface area contributed by atoms with Gasteiger partial charge in [0.15, 0.2) is 0 Å². The van der Waals surface area contributed by atoms with Crippen LogP contribution in [0, 0.1) is 0 Å². The normalized spacial score (nSPS) is 14.7. The van der Waals surface area contributed by atoms with E-state index in [1.54, 1.807) is 6.07 Å². The Kier molecular flexibility index (Phi) is 4.25. The molecular formula is C19H15F3N2. The minimum Gasteiger partial charge on any atom is -0.279 e. The maximum atomic E-state index is 13.0. The van der Waals surface area contributed by atoms with E-state index in [4.69, 9.17) is 0 Å². The quantitative estimate of drug-likeness (QED) is 0.868. The van der Waals surface area contributed by atoms with Gasteiger partial charge < -0.3 is 0 Å². The van der Waals surface area contributed by atoms with E-state index >= 15 is 0 Å². The Bertz CT molecular complexity index is 818. The largest absolute Gasteiger partial charge is 0.416 e. The predicted molar refractivity (Wildman–Crippen MR) is 88.5 cm³/mol. The molecule has 0 saturated heterocycles. The molecule has 2 aromatic carbocycles. The van der Waals surface area contributed by atoms with Crippen LogP contribution in [0.2, 0.25) is 0 Å². The van der Waals surface area contributed by atoms with Crippen LogP contribution in [0.25, 0.3) is 0 Å². The second-order valence-corrected chi connectivity index (χ2v) is 5.51. The van der Waals surface area contributed by atoms with Crippen LogP contribution in [0.5, 0.6) is 0 Å². The molecule has 5 heteroatoms. The van der Waals surface area contributed by atoms with E-state index in [1.807, 2.05) is 36.4 Å². The van der Waals surface area contributed by atoms with Gasteiger partial charge in [-0.3, -0.25) is 5.43 Å². The Morgan fingerprint density at radius 1 is 1.00 bits per heavy atom. The number of alkyl halides is 3. The van der Waals surface area contributed by atoms with Crippen LogP contribution in [0.15, 0.2) is 83.6 Å². The van der Waals surface area contributed by atoms with Gasteiger partial charge in [0.1, 0.15) is 0 Å². The second-order valence-electron chi connectivity index (χ2n) is 5.51. The highest BCUT2D eigenvalue weighted by Crippen LogP contribution is 2.30. The summed E-state index contributed by atoms with van der Waals surface area (Å²) < 4.78 is 38.9. The lowest BCUT2D eigenvalue weighted by molar-refractivity contribution is -0.137. The lowest BCUT2D eigenvalue weighted by Crippen LogP contribution is -2.20. The van der Waals surface area contributed by atoms with Crippen molar-refractivity contribution in [3.8, 4) is 0 Å². The van der Waals surface area contributed by atoms with Gasteiger partial charge in [-0.05, 0) is 35.8 Å². The lowest BCUT2D eigenvalue weighted by atomic mass is 9.94. The maximum Gasteiger partial charge on any atom is 0.416 e. The van der Waals surface area contributed by atoms with Gasteiger partial charge in [0.2, 0.25) is 0 Å². The van der Waals surface area contributed by atoms with E-state index in [0.29, 0.717) is 23.4 Å². The molecule has 122 valence electrons. The molecule has 3 rings (SSSR count). The number of hydrogen-bond acceptors (Lipinski definition) is 2. The van der Waals surface area contributed by atoms with E-state index in [-0.39, 0.29) is 0 Å². The SMILES string of the molecule is C=C1C=C(Cc2ccccc2)C(c2cccc(C(F)(F)F)c2)=NN1. The topological polar surface area (TPSA) is 24.4 Å². The molecule has 1 aliphatic heterocycles. The molecule has 0 aromatic heterocycles. The van der Waals surface area contributed by atoms with Crippen molar-refractivity contribution in [3.05, 3.63) is 95.2 Å². The molecule has 0 aliphatic carbocycles. The molecule has 1 heterocycles. The fraction of sp³-hybridized carbons (Fsp3) is 0.105. The summed E-state index contributed by atoms with van der Waals surface area (Å²) in [5.74, 6) is 0. The first kappa shape index (κ1) is 16.1. The summed E-state index contributed by atoms with van der Waals surface area (Å²) in [5.41, 5.74) is 5.46. The number of rotatable bonds is 3. The van der Waals surface area contributed by atoms with Gasteiger partial charge in [0.25, 0.3) is 0 Å². The number of halogens is 3. The molecule has 24 heavy (non-hydrogen) atoms. The smallest absolute Gasteiger partial charge is 0.279 e. The third kappa shape index (κ3) is 3.56. The zero-order valence-corrected chi connectivity index (χ0v) is 12.8. The zero-order valence-electron chi connectivity index (χ0n) is 12.8. The first-order valence-corrected chi connectivity index (χ1v) is 7.38. The number of nitrogens with zero attached hydrogens (tertiary/aromatic N) is 1. The number of hydrogen-bond donors (Lipinski definition) is 1. The van der Waals surface area contributed by atoms with Crippen molar-refractivity contribution in [3.63, 3.8) is 0 Å². The second kappa shape index (κ2) is 6.35. The molecule has 0 atom stereocenters. The van der Waals surface area contributed by atoms with E-state index < -0.39 is 11.7 Å². The number of hydrazone groups is 1. The van der Waals surface area contributed by atoms with Gasteiger partial charge in [-0.25, -0.2) is 0 Å². The molecule has 2 aromatic rings. The minimum atomic E-state index is -4.38. The van der Waals surface area contributed by atoms with E-state index in [0.717, 1.165) is 23.3 Å². The van der Waals surface area contributed by atoms with Crippen LogP contribution < -0.4 is 5.43 Å². The molecule has 0 bridgehead atoms. The highest BCUT2D eigenvalue weighted by atomic mass is 19.4. The van der Waals surface area contributed by atoms with Crippen LogP contribution >= 0.6 is 0 Å². The highest BCUT2D eigenvalue weighted by Gasteiger charge is 2.31. The summed E-state index contributed by atoms with van der Waals surface area (Å²) in [7, 11) is 0. The molecule has 2 nitrogen and oxygen atoms in total. The minimum absolute atomic E-state index is 0.423. The Morgan fingerprint density at radius 2 is 1.75 bits per heavy atom. The first-order valence-electron chi connectivity index (χ1n) is 7.38.